The van der Waals surface area contributed by atoms with Gasteiger partial charge in [0.2, 0.25) is 10.0 Å². The van der Waals surface area contributed by atoms with E-state index in [1.54, 1.807) is 4.90 Å². The Bertz CT molecular complexity index is 982. The Morgan fingerprint density at radius 3 is 2.56 bits per heavy atom. The molecule has 10 nitrogen and oxygen atoms in total. The number of sulfonamides is 1. The maximum Gasteiger partial charge on any atom is 0.407 e. The van der Waals surface area contributed by atoms with Crippen LogP contribution in [0.3, 0.4) is 0 Å². The third kappa shape index (κ3) is 6.97. The number of halogens is 4. The Hall–Kier alpha value is -2.06. The van der Waals surface area contributed by atoms with Crippen LogP contribution >= 0.6 is 11.6 Å². The van der Waals surface area contributed by atoms with Crippen LogP contribution in [0.1, 0.15) is 32.1 Å². The molecule has 3 N–H and O–H groups in total. The molecule has 0 spiro atoms. The van der Waals surface area contributed by atoms with Gasteiger partial charge >= 0.3 is 12.3 Å². The van der Waals surface area contributed by atoms with Crippen molar-refractivity contribution < 1.29 is 31.1 Å². The van der Waals surface area contributed by atoms with Crippen LogP contribution < -0.4 is 20.5 Å². The number of amides is 1. The fourth-order valence-electron chi connectivity index (χ4n) is 3.86. The third-order valence-corrected chi connectivity index (χ3v) is 7.05. The number of aromatic nitrogens is 2. The Balaban J connectivity index is 1.41. The van der Waals surface area contributed by atoms with Crippen LogP contribution in [0.25, 0.3) is 0 Å². The van der Waals surface area contributed by atoms with Crippen LogP contribution in [0.15, 0.2) is 11.0 Å². The summed E-state index contributed by atoms with van der Waals surface area (Å²) in [5.74, 6) is -1.92. The van der Waals surface area contributed by atoms with Gasteiger partial charge in [0.15, 0.2) is 5.75 Å². The van der Waals surface area contributed by atoms with Crippen molar-refractivity contribution in [2.45, 2.75) is 56.5 Å². The van der Waals surface area contributed by atoms with E-state index >= 15 is 0 Å². The number of carbonyl (C=O) groups is 1. The van der Waals surface area contributed by atoms with E-state index in [2.05, 4.69) is 20.2 Å². The van der Waals surface area contributed by atoms with Crippen molar-refractivity contribution in [1.82, 2.24) is 20.2 Å². The van der Waals surface area contributed by atoms with Crippen molar-refractivity contribution in [3.8, 4) is 0 Å². The largest absolute Gasteiger partial charge is 0.444 e. The number of nitrogens with one attached hydrogen (secondary N) is 3. The molecule has 0 aromatic carbocycles. The molecule has 3 rings (SSSR count). The molecule has 1 aromatic heterocycles. The molecule has 1 saturated heterocycles. The molecule has 0 bridgehead atoms. The van der Waals surface area contributed by atoms with E-state index in [4.69, 9.17) is 16.3 Å². The molecule has 1 aromatic rings. The van der Waals surface area contributed by atoms with Gasteiger partial charge in [0.1, 0.15) is 11.1 Å². The summed E-state index contributed by atoms with van der Waals surface area (Å²) in [5, 5.41) is 8.67. The lowest BCUT2D eigenvalue weighted by atomic mass is 9.92. The Labute approximate surface area is 186 Å². The fraction of sp³-hybridized carbons (Fsp3) is 0.706. The van der Waals surface area contributed by atoms with Crippen molar-refractivity contribution >= 4 is 33.4 Å². The lowest BCUT2D eigenvalue weighted by Gasteiger charge is -2.29. The molecule has 15 heteroatoms. The van der Waals surface area contributed by atoms with Gasteiger partial charge in [-0.05, 0) is 25.7 Å². The number of aromatic amines is 1. The lowest BCUT2D eigenvalue weighted by Crippen LogP contribution is -2.46. The fourth-order valence-corrected chi connectivity index (χ4v) is 5.32. The molecule has 2 heterocycles. The second kappa shape index (κ2) is 9.83. The summed E-state index contributed by atoms with van der Waals surface area (Å²) in [6.07, 6.45) is -2.50. The summed E-state index contributed by atoms with van der Waals surface area (Å²) in [6.45, 7) is 0.859. The predicted octanol–water partition coefficient (Wildman–Crippen LogP) is 1.52. The van der Waals surface area contributed by atoms with Crippen LogP contribution in [-0.2, 0) is 14.8 Å². The zero-order valence-corrected chi connectivity index (χ0v) is 18.4. The first kappa shape index (κ1) is 24.6. The zero-order valence-electron chi connectivity index (χ0n) is 16.8. The van der Waals surface area contributed by atoms with Crippen molar-refractivity contribution in [3.05, 3.63) is 21.6 Å². The molecular formula is C17H23ClF3N5O5S. The summed E-state index contributed by atoms with van der Waals surface area (Å²) >= 11 is 5.99. The third-order valence-electron chi connectivity index (χ3n) is 5.29. The van der Waals surface area contributed by atoms with Crippen molar-refractivity contribution in [2.75, 3.05) is 23.7 Å². The molecule has 1 aliphatic heterocycles. The number of anilines is 1. The smallest absolute Gasteiger partial charge is 0.407 e. The van der Waals surface area contributed by atoms with Crippen molar-refractivity contribution in [3.63, 3.8) is 0 Å². The average molecular weight is 502 g/mol. The number of rotatable bonds is 6. The number of nitrogens with zero attached hydrogens (tertiary/aromatic N) is 2. The van der Waals surface area contributed by atoms with Gasteiger partial charge in [0.25, 0.3) is 5.56 Å². The number of alkyl halides is 3. The summed E-state index contributed by atoms with van der Waals surface area (Å²) < 4.78 is 67.6. The minimum absolute atomic E-state index is 0.00715. The van der Waals surface area contributed by atoms with Crippen molar-refractivity contribution in [2.24, 2.45) is 0 Å². The first-order chi connectivity index (χ1) is 14.9. The van der Waals surface area contributed by atoms with E-state index in [1.807, 2.05) is 0 Å². The van der Waals surface area contributed by atoms with Crippen molar-refractivity contribution in [1.29, 1.82) is 0 Å². The maximum atomic E-state index is 12.3. The maximum absolute atomic E-state index is 12.3. The molecule has 0 unspecified atom stereocenters. The predicted molar refractivity (Wildman–Crippen MR) is 109 cm³/mol. The van der Waals surface area contributed by atoms with Gasteiger partial charge in [-0.25, -0.2) is 23.0 Å². The van der Waals surface area contributed by atoms with E-state index in [-0.39, 0.29) is 11.1 Å². The zero-order chi connectivity index (χ0) is 23.5. The van der Waals surface area contributed by atoms with E-state index in [0.717, 1.165) is 0 Å². The van der Waals surface area contributed by atoms with E-state index in [0.29, 0.717) is 50.9 Å². The Morgan fingerprint density at radius 1 is 1.25 bits per heavy atom. The van der Waals surface area contributed by atoms with Crippen LogP contribution in [0.4, 0.5) is 23.7 Å². The molecule has 1 aliphatic carbocycles. The molecule has 2 aliphatic rings. The molecule has 1 saturated carbocycles. The molecule has 180 valence electrons. The highest BCUT2D eigenvalue weighted by Gasteiger charge is 2.37. The second-order valence-corrected chi connectivity index (χ2v) is 9.98. The number of H-pyrrole nitrogens is 1. The van der Waals surface area contributed by atoms with E-state index < -0.39 is 45.8 Å². The quantitative estimate of drug-likeness (QED) is 0.538. The first-order valence-corrected chi connectivity index (χ1v) is 12.0. The molecule has 0 radical (unpaired) electrons. The summed E-state index contributed by atoms with van der Waals surface area (Å²) in [7, 11) is -4.46. The highest BCUT2D eigenvalue weighted by Crippen LogP contribution is 2.26. The second-order valence-electron chi connectivity index (χ2n) is 7.85. The van der Waals surface area contributed by atoms with Crippen LogP contribution in [-0.4, -0.2) is 67.9 Å². The molecule has 32 heavy (non-hydrogen) atoms. The minimum atomic E-state index is -4.80. The van der Waals surface area contributed by atoms with Gasteiger partial charge in [0.05, 0.1) is 18.4 Å². The first-order valence-electron chi connectivity index (χ1n) is 9.94. The van der Waals surface area contributed by atoms with Gasteiger partial charge in [0, 0.05) is 25.0 Å². The number of hydrogen-bond acceptors (Lipinski definition) is 7. The summed E-state index contributed by atoms with van der Waals surface area (Å²) in [5.41, 5.74) is -0.0594. The van der Waals surface area contributed by atoms with E-state index in [9.17, 15) is 31.2 Å². The molecule has 2 fully saturated rings. The average Bonchev–Trinajstić information content (AvgIpc) is 3.11. The van der Waals surface area contributed by atoms with Gasteiger partial charge in [-0.1, -0.05) is 11.6 Å². The van der Waals surface area contributed by atoms with E-state index in [1.165, 1.54) is 6.20 Å². The summed E-state index contributed by atoms with van der Waals surface area (Å²) in [6, 6.07) is -0.873. The molecule has 1 atom stereocenters. The monoisotopic (exact) mass is 501 g/mol. The standard InChI is InChI=1S/C17H23ClF3N5O5S/c18-14-13(7-22-24-15(14)27)26-6-5-12(8-26)31-16(28)23-10-1-3-11(4-2-10)25-32(29,30)9-17(19,20)21/h7,10-12,25H,1-6,8-9H2,(H,23,28)(H,24,27)/t10-,11-,12-/m1/s1. The topological polar surface area (TPSA) is 133 Å². The number of alkyl carbamates (subject to hydrolysis) is 1. The highest BCUT2D eigenvalue weighted by atomic mass is 35.5. The number of hydrogen-bond donors (Lipinski definition) is 3. The van der Waals surface area contributed by atoms with Crippen LogP contribution in [0.5, 0.6) is 0 Å². The van der Waals surface area contributed by atoms with Gasteiger partial charge in [-0.15, -0.1) is 0 Å². The SMILES string of the molecule is O=C(N[C@H]1CC[C@H](NS(=O)(=O)CC(F)(F)F)CC1)O[C@@H]1CCN(c2cn[nH]c(=O)c2Cl)C1. The van der Waals surface area contributed by atoms with Gasteiger partial charge < -0.3 is 15.0 Å². The normalized spacial score (nSPS) is 24.4. The lowest BCUT2D eigenvalue weighted by molar-refractivity contribution is -0.106. The van der Waals surface area contributed by atoms with Gasteiger partial charge in [-0.2, -0.15) is 18.3 Å². The minimum Gasteiger partial charge on any atom is -0.444 e. The number of ether oxygens (including phenoxy) is 1. The highest BCUT2D eigenvalue weighted by molar-refractivity contribution is 7.89. The Morgan fingerprint density at radius 2 is 1.91 bits per heavy atom. The van der Waals surface area contributed by atoms with Gasteiger partial charge in [-0.3, -0.25) is 4.79 Å². The molecular weight excluding hydrogens is 479 g/mol. The number of carbonyl (C=O) groups excluding carboxylic acids is 1. The molecule has 1 amide bonds. The Kier molecular flexibility index (Phi) is 7.55. The summed E-state index contributed by atoms with van der Waals surface area (Å²) in [4.78, 5) is 25.6. The van der Waals surface area contributed by atoms with Crippen LogP contribution in [0.2, 0.25) is 5.02 Å². The van der Waals surface area contributed by atoms with Crippen LogP contribution in [0, 0.1) is 0 Å².